The lowest BCUT2D eigenvalue weighted by atomic mass is 10.1. The van der Waals surface area contributed by atoms with Gasteiger partial charge < -0.3 is 0 Å². The summed E-state index contributed by atoms with van der Waals surface area (Å²) in [4.78, 5) is 8.95. The van der Waals surface area contributed by atoms with Gasteiger partial charge in [-0.05, 0) is 43.7 Å². The normalized spacial score (nSPS) is 11.1. The fraction of sp³-hybridized carbons (Fsp3) is 0.143. The summed E-state index contributed by atoms with van der Waals surface area (Å²) < 4.78 is 0. The Bertz CT molecular complexity index is 687. The van der Waals surface area contributed by atoms with Gasteiger partial charge in [-0.25, -0.2) is 0 Å². The summed E-state index contributed by atoms with van der Waals surface area (Å²) in [6.07, 6.45) is 1.82. The molecule has 3 aromatic rings. The molecule has 78 valence electrons. The van der Waals surface area contributed by atoms with Crippen LogP contribution in [0.25, 0.3) is 21.8 Å². The Morgan fingerprint density at radius 3 is 2.62 bits per heavy atom. The van der Waals surface area contributed by atoms with Crippen molar-refractivity contribution < 1.29 is 0 Å². The highest BCUT2D eigenvalue weighted by atomic mass is 14.7. The van der Waals surface area contributed by atoms with Crippen molar-refractivity contribution in [2.45, 2.75) is 13.8 Å². The molecule has 3 rings (SSSR count). The summed E-state index contributed by atoms with van der Waals surface area (Å²) in [5, 5.41) is 2.37. The highest BCUT2D eigenvalue weighted by Gasteiger charge is 2.03. The molecule has 0 aliphatic heterocycles. The molecule has 16 heavy (non-hydrogen) atoms. The van der Waals surface area contributed by atoms with E-state index in [9.17, 15) is 0 Å². The molecule has 0 fully saturated rings. The van der Waals surface area contributed by atoms with Gasteiger partial charge >= 0.3 is 0 Å². The first-order valence-electron chi connectivity index (χ1n) is 5.37. The van der Waals surface area contributed by atoms with E-state index >= 15 is 0 Å². The van der Waals surface area contributed by atoms with Gasteiger partial charge in [0.25, 0.3) is 0 Å². The molecule has 2 heterocycles. The maximum Gasteiger partial charge on any atom is 0.0712 e. The Labute approximate surface area is 94.0 Å². The van der Waals surface area contributed by atoms with Crippen molar-refractivity contribution in [3.05, 3.63) is 47.8 Å². The third-order valence-electron chi connectivity index (χ3n) is 3.02. The molecule has 0 aliphatic rings. The topological polar surface area (TPSA) is 25.8 Å². The molecule has 0 bridgehead atoms. The number of rotatable bonds is 0. The molecule has 0 amide bonds. The molecule has 2 aromatic heterocycles. The SMILES string of the molecule is Cc1cc2c(ccc3ncccc32)nc1C. The Morgan fingerprint density at radius 2 is 1.75 bits per heavy atom. The van der Waals surface area contributed by atoms with Gasteiger partial charge in [-0.3, -0.25) is 9.97 Å². The number of aryl methyl sites for hydroxylation is 2. The maximum atomic E-state index is 4.60. The third kappa shape index (κ3) is 1.27. The molecule has 0 saturated carbocycles. The zero-order valence-corrected chi connectivity index (χ0v) is 9.36. The Balaban J connectivity index is 2.55. The molecule has 2 heteroatoms. The average Bonchev–Trinajstić information content (AvgIpc) is 2.31. The molecule has 1 aromatic carbocycles. The van der Waals surface area contributed by atoms with Crippen LogP contribution in [0.1, 0.15) is 11.3 Å². The van der Waals surface area contributed by atoms with Crippen molar-refractivity contribution in [3.8, 4) is 0 Å². The molecule has 0 N–H and O–H groups in total. The highest BCUT2D eigenvalue weighted by molar-refractivity contribution is 6.04. The molecule has 0 spiro atoms. The van der Waals surface area contributed by atoms with E-state index in [0.29, 0.717) is 0 Å². The minimum Gasteiger partial charge on any atom is -0.256 e. The van der Waals surface area contributed by atoms with E-state index in [0.717, 1.165) is 16.7 Å². The number of benzene rings is 1. The first kappa shape index (κ1) is 9.28. The van der Waals surface area contributed by atoms with Gasteiger partial charge in [-0.2, -0.15) is 0 Å². The van der Waals surface area contributed by atoms with Gasteiger partial charge in [0, 0.05) is 22.7 Å². The van der Waals surface area contributed by atoms with Gasteiger partial charge in [-0.15, -0.1) is 0 Å². The van der Waals surface area contributed by atoms with Crippen molar-refractivity contribution in [1.82, 2.24) is 9.97 Å². The number of hydrogen-bond acceptors (Lipinski definition) is 2. The Hall–Kier alpha value is -1.96. The van der Waals surface area contributed by atoms with Crippen molar-refractivity contribution in [3.63, 3.8) is 0 Å². The zero-order chi connectivity index (χ0) is 11.1. The van der Waals surface area contributed by atoms with Gasteiger partial charge in [0.15, 0.2) is 0 Å². The second kappa shape index (κ2) is 3.27. The van der Waals surface area contributed by atoms with E-state index in [1.807, 2.05) is 31.3 Å². The van der Waals surface area contributed by atoms with Crippen LogP contribution in [0.4, 0.5) is 0 Å². The molecule has 0 aliphatic carbocycles. The number of fused-ring (bicyclic) bond motifs is 3. The van der Waals surface area contributed by atoms with E-state index in [2.05, 4.69) is 29.0 Å². The van der Waals surface area contributed by atoms with Crippen LogP contribution in [0, 0.1) is 13.8 Å². The average molecular weight is 208 g/mol. The van der Waals surface area contributed by atoms with Crippen LogP contribution in [-0.4, -0.2) is 9.97 Å². The Kier molecular flexibility index (Phi) is 1.90. The molecule has 0 atom stereocenters. The van der Waals surface area contributed by atoms with Crippen LogP contribution in [0.15, 0.2) is 36.5 Å². The first-order chi connectivity index (χ1) is 7.75. The largest absolute Gasteiger partial charge is 0.256 e. The second-order valence-corrected chi connectivity index (χ2v) is 4.09. The number of pyridine rings is 2. The van der Waals surface area contributed by atoms with Crippen molar-refractivity contribution in [2.75, 3.05) is 0 Å². The number of aromatic nitrogens is 2. The zero-order valence-electron chi connectivity index (χ0n) is 9.36. The number of hydrogen-bond donors (Lipinski definition) is 0. The summed E-state index contributed by atoms with van der Waals surface area (Å²) in [6, 6.07) is 10.3. The second-order valence-electron chi connectivity index (χ2n) is 4.09. The number of nitrogens with zero attached hydrogens (tertiary/aromatic N) is 2. The fourth-order valence-corrected chi connectivity index (χ4v) is 2.00. The first-order valence-corrected chi connectivity index (χ1v) is 5.37. The quantitative estimate of drug-likeness (QED) is 0.529. The van der Waals surface area contributed by atoms with Crippen molar-refractivity contribution >= 4 is 21.8 Å². The summed E-state index contributed by atoms with van der Waals surface area (Å²) in [5.41, 5.74) is 4.39. The lowest BCUT2D eigenvalue weighted by Crippen LogP contribution is -1.89. The lowest BCUT2D eigenvalue weighted by Gasteiger charge is -2.05. The van der Waals surface area contributed by atoms with E-state index in [1.54, 1.807) is 0 Å². The minimum absolute atomic E-state index is 1.03. The lowest BCUT2D eigenvalue weighted by molar-refractivity contribution is 1.20. The van der Waals surface area contributed by atoms with E-state index in [-0.39, 0.29) is 0 Å². The van der Waals surface area contributed by atoms with Crippen LogP contribution in [0.2, 0.25) is 0 Å². The summed E-state index contributed by atoms with van der Waals surface area (Å²) >= 11 is 0. The predicted octanol–water partition coefficient (Wildman–Crippen LogP) is 3.40. The third-order valence-corrected chi connectivity index (χ3v) is 3.02. The predicted molar refractivity (Wildman–Crippen MR) is 66.5 cm³/mol. The maximum absolute atomic E-state index is 4.60. The van der Waals surface area contributed by atoms with Gasteiger partial charge in [0.05, 0.1) is 11.0 Å². The summed E-state index contributed by atoms with van der Waals surface area (Å²) in [7, 11) is 0. The van der Waals surface area contributed by atoms with E-state index in [4.69, 9.17) is 0 Å². The van der Waals surface area contributed by atoms with E-state index < -0.39 is 0 Å². The summed E-state index contributed by atoms with van der Waals surface area (Å²) in [6.45, 7) is 4.14. The molecule has 0 radical (unpaired) electrons. The molecular weight excluding hydrogens is 196 g/mol. The van der Waals surface area contributed by atoms with Crippen molar-refractivity contribution in [1.29, 1.82) is 0 Å². The van der Waals surface area contributed by atoms with Crippen LogP contribution in [0.3, 0.4) is 0 Å². The molecule has 0 unspecified atom stereocenters. The van der Waals surface area contributed by atoms with Crippen LogP contribution < -0.4 is 0 Å². The Morgan fingerprint density at radius 1 is 0.938 bits per heavy atom. The molecular formula is C14H12N2. The van der Waals surface area contributed by atoms with E-state index in [1.165, 1.54) is 16.3 Å². The van der Waals surface area contributed by atoms with Crippen molar-refractivity contribution in [2.24, 2.45) is 0 Å². The van der Waals surface area contributed by atoms with Gasteiger partial charge in [0.2, 0.25) is 0 Å². The van der Waals surface area contributed by atoms with Gasteiger partial charge in [-0.1, -0.05) is 6.07 Å². The van der Waals surface area contributed by atoms with Gasteiger partial charge in [0.1, 0.15) is 0 Å². The highest BCUT2D eigenvalue weighted by Crippen LogP contribution is 2.24. The minimum atomic E-state index is 1.03. The molecule has 2 nitrogen and oxygen atoms in total. The van der Waals surface area contributed by atoms with Crippen LogP contribution >= 0.6 is 0 Å². The van der Waals surface area contributed by atoms with Crippen LogP contribution in [0.5, 0.6) is 0 Å². The summed E-state index contributed by atoms with van der Waals surface area (Å²) in [5.74, 6) is 0. The standard InChI is InChI=1S/C14H12N2/c1-9-8-12-11-4-3-7-15-13(11)5-6-14(12)16-10(9)2/h3-8H,1-2H3. The monoisotopic (exact) mass is 208 g/mol. The fourth-order valence-electron chi connectivity index (χ4n) is 2.00. The smallest absolute Gasteiger partial charge is 0.0712 e. The van der Waals surface area contributed by atoms with Crippen LogP contribution in [-0.2, 0) is 0 Å². The molecule has 0 saturated heterocycles.